The van der Waals surface area contributed by atoms with Crippen LogP contribution >= 0.6 is 0 Å². The van der Waals surface area contributed by atoms with E-state index in [9.17, 15) is 14.3 Å². The molecule has 5 nitrogen and oxygen atoms in total. The maximum absolute atomic E-state index is 13.3. The minimum absolute atomic E-state index is 0.361. The van der Waals surface area contributed by atoms with Crippen LogP contribution in [0, 0.1) is 5.82 Å². The van der Waals surface area contributed by atoms with E-state index in [0.29, 0.717) is 29.4 Å². The van der Waals surface area contributed by atoms with Crippen LogP contribution in [-0.4, -0.2) is 29.7 Å². The van der Waals surface area contributed by atoms with Crippen molar-refractivity contribution in [1.82, 2.24) is 10.3 Å². The molecule has 1 unspecified atom stereocenters. The van der Waals surface area contributed by atoms with Gasteiger partial charge >= 0.3 is 5.97 Å². The average molecular weight is 342 g/mol. The van der Waals surface area contributed by atoms with Crippen LogP contribution in [-0.2, 0) is 11.2 Å². The number of nitrogens with one attached hydrogen (secondary N) is 2. The minimum atomic E-state index is -0.972. The van der Waals surface area contributed by atoms with Gasteiger partial charge in [-0.25, -0.2) is 4.39 Å². The van der Waals surface area contributed by atoms with Gasteiger partial charge < -0.3 is 20.1 Å². The highest BCUT2D eigenvalue weighted by Crippen LogP contribution is 2.25. The zero-order chi connectivity index (χ0) is 17.8. The Labute approximate surface area is 144 Å². The standard InChI is InChI=1S/C19H19FN2O3/c1-25-14-5-2-12(3-6-14)8-9-21-18(19(23)24)16-11-22-17-10-13(20)4-7-15(16)17/h2-7,10-11,18,21-22H,8-9H2,1H3,(H,23,24). The van der Waals surface area contributed by atoms with E-state index in [1.165, 1.54) is 12.1 Å². The third kappa shape index (κ3) is 3.80. The van der Waals surface area contributed by atoms with Crippen LogP contribution in [0.3, 0.4) is 0 Å². The fourth-order valence-electron chi connectivity index (χ4n) is 2.84. The molecular formula is C19H19FN2O3. The van der Waals surface area contributed by atoms with Gasteiger partial charge in [-0.15, -0.1) is 0 Å². The molecule has 3 N–H and O–H groups in total. The van der Waals surface area contributed by atoms with E-state index in [-0.39, 0.29) is 5.82 Å². The van der Waals surface area contributed by atoms with Gasteiger partial charge in [-0.2, -0.15) is 0 Å². The molecule has 1 heterocycles. The van der Waals surface area contributed by atoms with Crippen molar-refractivity contribution in [1.29, 1.82) is 0 Å². The predicted octanol–water partition coefficient (Wildman–Crippen LogP) is 3.27. The summed E-state index contributed by atoms with van der Waals surface area (Å²) in [7, 11) is 1.61. The van der Waals surface area contributed by atoms with E-state index in [1.807, 2.05) is 24.3 Å². The number of benzene rings is 2. The second-order valence-corrected chi connectivity index (χ2v) is 5.76. The largest absolute Gasteiger partial charge is 0.497 e. The number of carboxylic acids is 1. The molecule has 0 saturated heterocycles. The van der Waals surface area contributed by atoms with Crippen molar-refractivity contribution in [3.63, 3.8) is 0 Å². The molecule has 0 fully saturated rings. The van der Waals surface area contributed by atoms with Crippen LogP contribution in [0.25, 0.3) is 10.9 Å². The van der Waals surface area contributed by atoms with Crippen LogP contribution < -0.4 is 10.1 Å². The van der Waals surface area contributed by atoms with Crippen LogP contribution in [0.4, 0.5) is 4.39 Å². The highest BCUT2D eigenvalue weighted by atomic mass is 19.1. The molecule has 3 rings (SSSR count). The van der Waals surface area contributed by atoms with Gasteiger partial charge in [-0.1, -0.05) is 12.1 Å². The van der Waals surface area contributed by atoms with Gasteiger partial charge in [0.05, 0.1) is 7.11 Å². The van der Waals surface area contributed by atoms with Crippen LogP contribution in [0.15, 0.2) is 48.7 Å². The Morgan fingerprint density at radius 1 is 1.28 bits per heavy atom. The molecule has 130 valence electrons. The molecule has 0 amide bonds. The summed E-state index contributed by atoms with van der Waals surface area (Å²) in [6.45, 7) is 0.497. The first-order chi connectivity index (χ1) is 12.1. The van der Waals surface area contributed by atoms with Gasteiger partial charge in [0.25, 0.3) is 0 Å². The van der Waals surface area contributed by atoms with Crippen molar-refractivity contribution in [2.45, 2.75) is 12.5 Å². The zero-order valence-corrected chi connectivity index (χ0v) is 13.8. The van der Waals surface area contributed by atoms with Crippen molar-refractivity contribution in [3.05, 3.63) is 65.6 Å². The average Bonchev–Trinajstić information content (AvgIpc) is 3.01. The quantitative estimate of drug-likeness (QED) is 0.616. The molecule has 25 heavy (non-hydrogen) atoms. The Hall–Kier alpha value is -2.86. The summed E-state index contributed by atoms with van der Waals surface area (Å²) in [6.07, 6.45) is 2.30. The number of ether oxygens (including phenoxy) is 1. The number of hydrogen-bond acceptors (Lipinski definition) is 3. The third-order valence-electron chi connectivity index (χ3n) is 4.15. The molecule has 0 bridgehead atoms. The summed E-state index contributed by atoms with van der Waals surface area (Å²) < 4.78 is 18.4. The molecule has 3 aromatic rings. The Morgan fingerprint density at radius 3 is 2.72 bits per heavy atom. The first-order valence-corrected chi connectivity index (χ1v) is 7.94. The molecule has 1 atom stereocenters. The lowest BCUT2D eigenvalue weighted by Gasteiger charge is -2.14. The van der Waals surface area contributed by atoms with Crippen molar-refractivity contribution >= 4 is 16.9 Å². The third-order valence-corrected chi connectivity index (χ3v) is 4.15. The van der Waals surface area contributed by atoms with Crippen LogP contribution in [0.5, 0.6) is 5.75 Å². The molecule has 0 saturated carbocycles. The number of rotatable bonds is 7. The monoisotopic (exact) mass is 342 g/mol. The number of hydrogen-bond donors (Lipinski definition) is 3. The summed E-state index contributed by atoms with van der Waals surface area (Å²) in [5, 5.41) is 13.3. The maximum Gasteiger partial charge on any atom is 0.325 e. The molecular weight excluding hydrogens is 323 g/mol. The predicted molar refractivity (Wildman–Crippen MR) is 93.3 cm³/mol. The van der Waals surface area contributed by atoms with E-state index in [1.54, 1.807) is 19.4 Å². The summed E-state index contributed by atoms with van der Waals surface area (Å²) in [5.41, 5.74) is 2.26. The summed E-state index contributed by atoms with van der Waals surface area (Å²) in [6, 6.07) is 11.1. The van der Waals surface area contributed by atoms with Crippen LogP contribution in [0.1, 0.15) is 17.2 Å². The fourth-order valence-corrected chi connectivity index (χ4v) is 2.84. The molecule has 1 aromatic heterocycles. The normalized spacial score (nSPS) is 12.2. The highest BCUT2D eigenvalue weighted by molar-refractivity contribution is 5.89. The maximum atomic E-state index is 13.3. The number of carbonyl (C=O) groups is 1. The molecule has 2 aromatic carbocycles. The van der Waals surface area contributed by atoms with Gasteiger partial charge in [0, 0.05) is 29.2 Å². The lowest BCUT2D eigenvalue weighted by Crippen LogP contribution is -2.30. The van der Waals surface area contributed by atoms with Crippen molar-refractivity contribution in [3.8, 4) is 5.75 Å². The molecule has 0 aliphatic heterocycles. The number of fused-ring (bicyclic) bond motifs is 1. The Bertz CT molecular complexity index is 874. The van der Waals surface area contributed by atoms with Crippen molar-refractivity contribution < 1.29 is 19.0 Å². The summed E-state index contributed by atoms with van der Waals surface area (Å²) >= 11 is 0. The second-order valence-electron chi connectivity index (χ2n) is 5.76. The SMILES string of the molecule is COc1ccc(CCNC(C(=O)O)c2c[nH]c3cc(F)ccc23)cc1. The Kier molecular flexibility index (Phi) is 5.00. The Morgan fingerprint density at radius 2 is 2.04 bits per heavy atom. The van der Waals surface area contributed by atoms with E-state index in [0.717, 1.165) is 11.3 Å². The number of aliphatic carboxylic acids is 1. The first-order valence-electron chi connectivity index (χ1n) is 7.94. The van der Waals surface area contributed by atoms with E-state index in [4.69, 9.17) is 4.74 Å². The van der Waals surface area contributed by atoms with Gasteiger partial charge in [0.1, 0.15) is 17.6 Å². The zero-order valence-electron chi connectivity index (χ0n) is 13.8. The number of aromatic nitrogens is 1. The number of methoxy groups -OCH3 is 1. The molecule has 6 heteroatoms. The number of aromatic amines is 1. The Balaban J connectivity index is 1.71. The van der Waals surface area contributed by atoms with Gasteiger partial charge in [-0.3, -0.25) is 4.79 Å². The van der Waals surface area contributed by atoms with Crippen molar-refractivity contribution in [2.24, 2.45) is 0 Å². The van der Waals surface area contributed by atoms with E-state index in [2.05, 4.69) is 10.3 Å². The molecule has 0 spiro atoms. The number of H-pyrrole nitrogens is 1. The van der Waals surface area contributed by atoms with Crippen molar-refractivity contribution in [2.75, 3.05) is 13.7 Å². The lowest BCUT2D eigenvalue weighted by molar-refractivity contribution is -0.139. The van der Waals surface area contributed by atoms with Gasteiger partial charge in [0.2, 0.25) is 0 Å². The number of carboxylic acid groups (broad SMARTS) is 1. The van der Waals surface area contributed by atoms with Gasteiger partial charge in [-0.05, 0) is 42.3 Å². The smallest absolute Gasteiger partial charge is 0.325 e. The summed E-state index contributed by atoms with van der Waals surface area (Å²) in [4.78, 5) is 14.6. The second kappa shape index (κ2) is 7.36. The van der Waals surface area contributed by atoms with Crippen LogP contribution in [0.2, 0.25) is 0 Å². The topological polar surface area (TPSA) is 74.3 Å². The highest BCUT2D eigenvalue weighted by Gasteiger charge is 2.22. The summed E-state index contributed by atoms with van der Waals surface area (Å²) in [5.74, 6) is -0.550. The van der Waals surface area contributed by atoms with E-state index < -0.39 is 12.0 Å². The van der Waals surface area contributed by atoms with E-state index >= 15 is 0 Å². The molecule has 0 aliphatic carbocycles. The first kappa shape index (κ1) is 17.0. The number of halogens is 1. The minimum Gasteiger partial charge on any atom is -0.497 e. The lowest BCUT2D eigenvalue weighted by atomic mass is 10.1. The molecule has 0 radical (unpaired) electrons. The fraction of sp³-hybridized carbons (Fsp3) is 0.211. The molecule has 0 aliphatic rings. The van der Waals surface area contributed by atoms with Gasteiger partial charge in [0.15, 0.2) is 0 Å².